The number of thiophene rings is 1. The molecule has 0 bridgehead atoms. The van der Waals surface area contributed by atoms with Crippen LogP contribution in [0.4, 0.5) is 8.78 Å². The molecule has 1 aromatic heterocycles. The molecule has 96 valence electrons. The third-order valence-corrected chi connectivity index (χ3v) is 4.54. The molecule has 1 heterocycles. The zero-order valence-corrected chi connectivity index (χ0v) is 11.0. The van der Waals surface area contributed by atoms with Crippen LogP contribution in [0.5, 0.6) is 0 Å². The van der Waals surface area contributed by atoms with Gasteiger partial charge in [0.1, 0.15) is 0 Å². The summed E-state index contributed by atoms with van der Waals surface area (Å²) in [7, 11) is 0. The number of benzene rings is 1. The van der Waals surface area contributed by atoms with Crippen molar-refractivity contribution in [2.75, 3.05) is 6.54 Å². The molecular formula is C14H15F2NS. The Labute approximate surface area is 109 Å². The van der Waals surface area contributed by atoms with Crippen LogP contribution in [0.1, 0.15) is 36.1 Å². The van der Waals surface area contributed by atoms with E-state index in [-0.39, 0.29) is 0 Å². The third kappa shape index (κ3) is 2.04. The van der Waals surface area contributed by atoms with E-state index in [1.807, 2.05) is 0 Å². The van der Waals surface area contributed by atoms with E-state index in [2.05, 4.69) is 12.2 Å². The number of fused-ring (bicyclic) bond motifs is 1. The van der Waals surface area contributed by atoms with E-state index in [0.29, 0.717) is 5.92 Å². The summed E-state index contributed by atoms with van der Waals surface area (Å²) < 4.78 is 27.5. The van der Waals surface area contributed by atoms with Gasteiger partial charge >= 0.3 is 0 Å². The minimum atomic E-state index is -0.749. The molecule has 1 fully saturated rings. The van der Waals surface area contributed by atoms with Gasteiger partial charge in [-0.3, -0.25) is 0 Å². The topological polar surface area (TPSA) is 12.0 Å². The van der Waals surface area contributed by atoms with Gasteiger partial charge in [-0.2, -0.15) is 0 Å². The van der Waals surface area contributed by atoms with Crippen LogP contribution in [0.3, 0.4) is 0 Å². The van der Waals surface area contributed by atoms with Crippen LogP contribution < -0.4 is 5.32 Å². The van der Waals surface area contributed by atoms with Crippen molar-refractivity contribution in [1.82, 2.24) is 5.32 Å². The van der Waals surface area contributed by atoms with Crippen LogP contribution in [0.15, 0.2) is 12.1 Å². The first-order valence-corrected chi connectivity index (χ1v) is 7.13. The monoisotopic (exact) mass is 267 g/mol. The van der Waals surface area contributed by atoms with Gasteiger partial charge in [-0.15, -0.1) is 11.3 Å². The second-order valence-electron chi connectivity index (χ2n) is 4.76. The molecular weight excluding hydrogens is 252 g/mol. The summed E-state index contributed by atoms with van der Waals surface area (Å²) in [6.07, 6.45) is 2.34. The lowest BCUT2D eigenvalue weighted by molar-refractivity contribution is 0.511. The summed E-state index contributed by atoms with van der Waals surface area (Å²) in [5, 5.41) is 4.21. The van der Waals surface area contributed by atoms with E-state index in [1.54, 1.807) is 11.3 Å². The van der Waals surface area contributed by atoms with Gasteiger partial charge in [0.25, 0.3) is 0 Å². The molecule has 0 aliphatic heterocycles. The molecule has 0 atom stereocenters. The molecule has 1 aliphatic rings. The molecule has 0 saturated heterocycles. The van der Waals surface area contributed by atoms with Crippen LogP contribution in [0, 0.1) is 11.6 Å². The molecule has 4 heteroatoms. The molecule has 18 heavy (non-hydrogen) atoms. The van der Waals surface area contributed by atoms with Crippen LogP contribution >= 0.6 is 11.3 Å². The maximum Gasteiger partial charge on any atom is 0.160 e. The van der Waals surface area contributed by atoms with E-state index < -0.39 is 11.6 Å². The molecule has 1 aliphatic carbocycles. The molecule has 3 rings (SSSR count). The summed E-state index contributed by atoms with van der Waals surface area (Å²) in [6.45, 7) is 3.76. The highest BCUT2D eigenvalue weighted by Gasteiger charge is 2.29. The number of nitrogens with one attached hydrogen (secondary N) is 1. The van der Waals surface area contributed by atoms with E-state index in [0.717, 1.165) is 23.2 Å². The number of halogens is 2. The summed E-state index contributed by atoms with van der Waals surface area (Å²) in [6, 6.07) is 2.70. The minimum Gasteiger partial charge on any atom is -0.312 e. The minimum absolute atomic E-state index is 0.553. The van der Waals surface area contributed by atoms with Gasteiger partial charge < -0.3 is 5.32 Å². The van der Waals surface area contributed by atoms with Crippen molar-refractivity contribution in [1.29, 1.82) is 0 Å². The van der Waals surface area contributed by atoms with E-state index >= 15 is 0 Å². The van der Waals surface area contributed by atoms with Crippen molar-refractivity contribution in [3.63, 3.8) is 0 Å². The average Bonchev–Trinajstić information content (AvgIpc) is 3.11. The predicted octanol–water partition coefficient (Wildman–Crippen LogP) is 4.17. The zero-order chi connectivity index (χ0) is 12.7. The van der Waals surface area contributed by atoms with Gasteiger partial charge in [0.2, 0.25) is 0 Å². The number of rotatable bonds is 4. The standard InChI is InChI=1S/C14H15F2NS/c1-2-17-7-13-14(8-3-4-8)9-5-10(15)11(16)6-12(9)18-13/h5-6,8,17H,2-4,7H2,1H3. The Balaban J connectivity index is 2.13. The summed E-state index contributed by atoms with van der Waals surface area (Å²) in [4.78, 5) is 1.24. The number of hydrogen-bond acceptors (Lipinski definition) is 2. The molecule has 0 radical (unpaired) electrons. The van der Waals surface area contributed by atoms with Gasteiger partial charge in [-0.1, -0.05) is 6.92 Å². The maximum absolute atomic E-state index is 13.4. The second kappa shape index (κ2) is 4.59. The lowest BCUT2D eigenvalue weighted by Gasteiger charge is -2.03. The first-order chi connectivity index (χ1) is 8.70. The maximum atomic E-state index is 13.4. The fraction of sp³-hybridized carbons (Fsp3) is 0.429. The van der Waals surface area contributed by atoms with Crippen LogP contribution in [-0.4, -0.2) is 6.54 Å². The lowest BCUT2D eigenvalue weighted by Crippen LogP contribution is -2.11. The van der Waals surface area contributed by atoms with Gasteiger partial charge in [0, 0.05) is 16.1 Å². The summed E-state index contributed by atoms with van der Waals surface area (Å²) in [5.41, 5.74) is 1.25. The van der Waals surface area contributed by atoms with Gasteiger partial charge in [-0.05, 0) is 48.4 Å². The Morgan fingerprint density at radius 3 is 2.67 bits per heavy atom. The largest absolute Gasteiger partial charge is 0.312 e. The van der Waals surface area contributed by atoms with E-state index in [1.165, 1.54) is 35.4 Å². The number of hydrogen-bond donors (Lipinski definition) is 1. The molecule has 1 N–H and O–H groups in total. The van der Waals surface area contributed by atoms with Gasteiger partial charge in [0.05, 0.1) is 0 Å². The van der Waals surface area contributed by atoms with Crippen molar-refractivity contribution < 1.29 is 8.78 Å². The Kier molecular flexibility index (Phi) is 3.08. The first kappa shape index (κ1) is 12.1. The van der Waals surface area contributed by atoms with Crippen molar-refractivity contribution in [3.05, 3.63) is 34.2 Å². The first-order valence-electron chi connectivity index (χ1n) is 6.31. The molecule has 1 aromatic carbocycles. The Morgan fingerprint density at radius 1 is 1.28 bits per heavy atom. The van der Waals surface area contributed by atoms with Crippen LogP contribution in [-0.2, 0) is 6.54 Å². The molecule has 0 amide bonds. The van der Waals surface area contributed by atoms with E-state index in [4.69, 9.17) is 0 Å². The molecule has 2 aromatic rings. The van der Waals surface area contributed by atoms with Crippen molar-refractivity contribution in [2.45, 2.75) is 32.2 Å². The van der Waals surface area contributed by atoms with Crippen LogP contribution in [0.25, 0.3) is 10.1 Å². The third-order valence-electron chi connectivity index (χ3n) is 3.37. The lowest BCUT2D eigenvalue weighted by atomic mass is 10.1. The van der Waals surface area contributed by atoms with Crippen molar-refractivity contribution >= 4 is 21.4 Å². The normalized spacial score (nSPS) is 15.5. The highest BCUT2D eigenvalue weighted by molar-refractivity contribution is 7.19. The quantitative estimate of drug-likeness (QED) is 0.876. The molecule has 1 saturated carbocycles. The summed E-state index contributed by atoms with van der Waals surface area (Å²) in [5.74, 6) is -0.935. The zero-order valence-electron chi connectivity index (χ0n) is 10.2. The predicted molar refractivity (Wildman–Crippen MR) is 71.1 cm³/mol. The van der Waals surface area contributed by atoms with Crippen LogP contribution in [0.2, 0.25) is 0 Å². The Bertz CT molecular complexity index is 587. The fourth-order valence-electron chi connectivity index (χ4n) is 2.35. The van der Waals surface area contributed by atoms with Gasteiger partial charge in [0.15, 0.2) is 11.6 Å². The molecule has 0 unspecified atom stereocenters. The highest BCUT2D eigenvalue weighted by Crippen LogP contribution is 2.48. The van der Waals surface area contributed by atoms with Gasteiger partial charge in [-0.25, -0.2) is 8.78 Å². The SMILES string of the molecule is CCNCc1sc2cc(F)c(F)cc2c1C1CC1. The summed E-state index contributed by atoms with van der Waals surface area (Å²) >= 11 is 1.59. The van der Waals surface area contributed by atoms with E-state index in [9.17, 15) is 8.78 Å². The highest BCUT2D eigenvalue weighted by atomic mass is 32.1. The van der Waals surface area contributed by atoms with Crippen molar-refractivity contribution in [2.24, 2.45) is 0 Å². The Morgan fingerprint density at radius 2 is 2.00 bits per heavy atom. The fourth-order valence-corrected chi connectivity index (χ4v) is 3.62. The van der Waals surface area contributed by atoms with Crippen molar-refractivity contribution in [3.8, 4) is 0 Å². The average molecular weight is 267 g/mol. The smallest absolute Gasteiger partial charge is 0.160 e. The molecule has 0 spiro atoms. The Hall–Kier alpha value is -1.00. The molecule has 1 nitrogen and oxygen atoms in total. The second-order valence-corrected chi connectivity index (χ2v) is 5.89.